The van der Waals surface area contributed by atoms with Crippen molar-refractivity contribution < 1.29 is 29.0 Å². The van der Waals surface area contributed by atoms with Crippen LogP contribution in [0.4, 0.5) is 4.79 Å². The van der Waals surface area contributed by atoms with Crippen LogP contribution in [0.3, 0.4) is 0 Å². The second-order valence-electron chi connectivity index (χ2n) is 6.38. The Kier molecular flexibility index (Phi) is 8.64. The highest BCUT2D eigenvalue weighted by atomic mass is 16.7. The van der Waals surface area contributed by atoms with E-state index in [1.54, 1.807) is 13.8 Å². The summed E-state index contributed by atoms with van der Waals surface area (Å²) in [4.78, 5) is 34.7. The zero-order valence-electron chi connectivity index (χ0n) is 14.8. The van der Waals surface area contributed by atoms with Crippen LogP contribution in [0, 0.1) is 11.8 Å². The zero-order chi connectivity index (χ0) is 18.2. The third-order valence-electron chi connectivity index (χ3n) is 3.71. The van der Waals surface area contributed by atoms with Gasteiger partial charge in [0.15, 0.2) is 0 Å². The zero-order valence-corrected chi connectivity index (χ0v) is 14.8. The number of esters is 1. The smallest absolute Gasteiger partial charge is 0.411 e. The minimum atomic E-state index is -1.43. The Morgan fingerprint density at radius 2 is 1.70 bits per heavy atom. The molecule has 2 N–H and O–H groups in total. The number of alkyl carbamates (subject to hydrolysis) is 1. The van der Waals surface area contributed by atoms with Crippen LogP contribution in [0.25, 0.3) is 0 Å². The topological polar surface area (TPSA) is 102 Å². The van der Waals surface area contributed by atoms with E-state index in [9.17, 15) is 19.5 Å². The molecule has 0 aromatic carbocycles. The summed E-state index contributed by atoms with van der Waals surface area (Å²) in [6.07, 6.45) is -0.132. The number of rotatable bonds is 9. The van der Waals surface area contributed by atoms with E-state index >= 15 is 0 Å². The van der Waals surface area contributed by atoms with Crippen molar-refractivity contribution in [2.75, 3.05) is 0 Å². The van der Waals surface area contributed by atoms with Gasteiger partial charge in [-0.3, -0.25) is 4.79 Å². The molecular weight excluding hydrogens is 302 g/mol. The summed E-state index contributed by atoms with van der Waals surface area (Å²) in [6, 6.07) is 0. The summed E-state index contributed by atoms with van der Waals surface area (Å²) < 4.78 is 9.80. The fraction of sp³-hybridized carbons (Fsp3) is 0.812. The van der Waals surface area contributed by atoms with E-state index in [0.717, 1.165) is 6.42 Å². The number of carbonyl (C=O) groups is 3. The van der Waals surface area contributed by atoms with Crippen molar-refractivity contribution >= 4 is 18.0 Å². The lowest BCUT2D eigenvalue weighted by Crippen LogP contribution is -2.53. The maximum Gasteiger partial charge on any atom is 0.411 e. The van der Waals surface area contributed by atoms with Gasteiger partial charge in [-0.2, -0.15) is 0 Å². The largest absolute Gasteiger partial charge is 0.480 e. The maximum atomic E-state index is 11.9. The van der Waals surface area contributed by atoms with Gasteiger partial charge in [-0.05, 0) is 25.7 Å². The van der Waals surface area contributed by atoms with Gasteiger partial charge in [0.05, 0.1) is 5.92 Å². The van der Waals surface area contributed by atoms with Crippen LogP contribution in [-0.2, 0) is 19.1 Å². The second kappa shape index (κ2) is 9.37. The predicted octanol–water partition coefficient (Wildman–Crippen LogP) is 2.93. The normalized spacial score (nSPS) is 16.1. The first kappa shape index (κ1) is 21.2. The monoisotopic (exact) mass is 331 g/mol. The van der Waals surface area contributed by atoms with Gasteiger partial charge in [0, 0.05) is 6.92 Å². The van der Waals surface area contributed by atoms with Gasteiger partial charge < -0.3 is 19.9 Å². The lowest BCUT2D eigenvalue weighted by Gasteiger charge is -2.27. The molecule has 0 radical (unpaired) electrons. The van der Waals surface area contributed by atoms with Crippen LogP contribution in [0.2, 0.25) is 0 Å². The molecule has 0 saturated heterocycles. The number of ether oxygens (including phenoxy) is 2. The van der Waals surface area contributed by atoms with Crippen LogP contribution in [0.1, 0.15) is 60.8 Å². The predicted molar refractivity (Wildman–Crippen MR) is 84.7 cm³/mol. The van der Waals surface area contributed by atoms with Gasteiger partial charge in [0.2, 0.25) is 6.29 Å². The molecule has 1 amide bonds. The van der Waals surface area contributed by atoms with E-state index in [1.165, 1.54) is 13.8 Å². The summed E-state index contributed by atoms with van der Waals surface area (Å²) in [5.41, 5.74) is -1.43. The summed E-state index contributed by atoms with van der Waals surface area (Å²) in [5.74, 6) is -1.62. The Morgan fingerprint density at radius 1 is 1.13 bits per heavy atom. The molecule has 0 aliphatic heterocycles. The minimum Gasteiger partial charge on any atom is -0.480 e. The lowest BCUT2D eigenvalue weighted by atomic mass is 9.90. The first-order chi connectivity index (χ1) is 10.5. The van der Waals surface area contributed by atoms with Gasteiger partial charge in [0.25, 0.3) is 0 Å². The Morgan fingerprint density at radius 3 is 2.13 bits per heavy atom. The van der Waals surface area contributed by atoms with E-state index in [2.05, 4.69) is 5.32 Å². The number of aliphatic carboxylic acids is 1. The van der Waals surface area contributed by atoms with E-state index in [4.69, 9.17) is 9.47 Å². The highest BCUT2D eigenvalue weighted by Crippen LogP contribution is 2.19. The fourth-order valence-corrected chi connectivity index (χ4v) is 1.69. The summed E-state index contributed by atoms with van der Waals surface area (Å²) in [6.45, 7) is 10.2. The van der Waals surface area contributed by atoms with Crippen molar-refractivity contribution in [3.05, 3.63) is 0 Å². The molecule has 0 unspecified atom stereocenters. The number of hydrogen-bond acceptors (Lipinski definition) is 5. The van der Waals surface area contributed by atoms with E-state index in [0.29, 0.717) is 12.3 Å². The number of carboxylic acids is 1. The Balaban J connectivity index is 4.61. The van der Waals surface area contributed by atoms with E-state index in [1.807, 2.05) is 13.8 Å². The fourth-order valence-electron chi connectivity index (χ4n) is 1.69. The summed E-state index contributed by atoms with van der Waals surface area (Å²) in [7, 11) is 0. The molecule has 7 heteroatoms. The molecule has 0 bridgehead atoms. The molecule has 0 rings (SSSR count). The van der Waals surface area contributed by atoms with Crippen LogP contribution in [-0.4, -0.2) is 35.0 Å². The summed E-state index contributed by atoms with van der Waals surface area (Å²) >= 11 is 0. The van der Waals surface area contributed by atoms with Crippen LogP contribution in [0.15, 0.2) is 0 Å². The third-order valence-corrected chi connectivity index (χ3v) is 3.71. The molecule has 134 valence electrons. The molecule has 7 nitrogen and oxygen atoms in total. The molecule has 0 aliphatic rings. The Bertz CT molecular complexity index is 423. The van der Waals surface area contributed by atoms with Crippen molar-refractivity contribution in [2.24, 2.45) is 11.8 Å². The highest BCUT2D eigenvalue weighted by Gasteiger charge is 2.36. The quantitative estimate of drug-likeness (QED) is 0.497. The van der Waals surface area contributed by atoms with Gasteiger partial charge >= 0.3 is 18.0 Å². The van der Waals surface area contributed by atoms with E-state index < -0.39 is 29.9 Å². The van der Waals surface area contributed by atoms with Gasteiger partial charge in [-0.15, -0.1) is 0 Å². The first-order valence-corrected chi connectivity index (χ1v) is 7.94. The van der Waals surface area contributed by atoms with Gasteiger partial charge in [0.1, 0.15) is 5.54 Å². The first-order valence-electron chi connectivity index (χ1n) is 7.94. The Hall–Kier alpha value is -1.79. The van der Waals surface area contributed by atoms with Crippen molar-refractivity contribution in [1.29, 1.82) is 0 Å². The van der Waals surface area contributed by atoms with Gasteiger partial charge in [-0.1, -0.05) is 34.1 Å². The molecule has 0 spiro atoms. The second-order valence-corrected chi connectivity index (χ2v) is 6.38. The number of hydrogen-bond donors (Lipinski definition) is 2. The molecule has 0 fully saturated rings. The van der Waals surface area contributed by atoms with Crippen LogP contribution < -0.4 is 5.32 Å². The van der Waals surface area contributed by atoms with Crippen molar-refractivity contribution in [2.45, 2.75) is 72.6 Å². The molecular formula is C16H29NO6. The van der Waals surface area contributed by atoms with Gasteiger partial charge in [-0.25, -0.2) is 9.59 Å². The van der Waals surface area contributed by atoms with Crippen molar-refractivity contribution in [3.63, 3.8) is 0 Å². The SMILES string of the molecule is CC[C@@H](C)CC[C@](C)(NC(=O)O[C@H](C)OC(=O)C(C)C)C(=O)O. The molecule has 0 aromatic heterocycles. The molecule has 0 heterocycles. The molecule has 0 saturated carbocycles. The van der Waals surface area contributed by atoms with Crippen LogP contribution >= 0.6 is 0 Å². The summed E-state index contributed by atoms with van der Waals surface area (Å²) in [5, 5.41) is 11.7. The maximum absolute atomic E-state index is 11.9. The number of amides is 1. The molecule has 23 heavy (non-hydrogen) atoms. The van der Waals surface area contributed by atoms with Crippen LogP contribution in [0.5, 0.6) is 0 Å². The van der Waals surface area contributed by atoms with E-state index in [-0.39, 0.29) is 12.3 Å². The highest BCUT2D eigenvalue weighted by molar-refractivity contribution is 5.83. The molecule has 0 aliphatic carbocycles. The third kappa shape index (κ3) is 7.85. The Labute approximate surface area is 137 Å². The number of nitrogens with one attached hydrogen (secondary N) is 1. The standard InChI is InChI=1S/C16H29NO6/c1-7-11(4)8-9-16(6,14(19)20)17-15(21)23-12(5)22-13(18)10(2)3/h10-12H,7-9H2,1-6H3,(H,17,21)(H,19,20)/t11-,12-,16+/m1/s1. The number of carboxylic acid groups (broad SMARTS) is 1. The van der Waals surface area contributed by atoms with Crippen molar-refractivity contribution in [3.8, 4) is 0 Å². The molecule has 3 atom stereocenters. The van der Waals surface area contributed by atoms with Crippen molar-refractivity contribution in [1.82, 2.24) is 5.32 Å². The minimum absolute atomic E-state index is 0.284. The lowest BCUT2D eigenvalue weighted by molar-refractivity contribution is -0.169. The number of carbonyl (C=O) groups excluding carboxylic acids is 2. The average molecular weight is 331 g/mol. The molecule has 0 aromatic rings. The average Bonchev–Trinajstić information content (AvgIpc) is 2.43.